The van der Waals surface area contributed by atoms with Crippen molar-refractivity contribution in [3.05, 3.63) is 60.8 Å². The Hall–Kier alpha value is -2.39. The van der Waals surface area contributed by atoms with Crippen LogP contribution in [0.25, 0.3) is 31.4 Å². The van der Waals surface area contributed by atoms with Crippen molar-refractivity contribution in [2.24, 2.45) is 0 Å². The van der Waals surface area contributed by atoms with E-state index in [-0.39, 0.29) is 0 Å². The van der Waals surface area contributed by atoms with Crippen LogP contribution in [0.4, 0.5) is 0 Å². The van der Waals surface area contributed by atoms with E-state index in [1.54, 1.807) is 18.4 Å². The van der Waals surface area contributed by atoms with Gasteiger partial charge in [-0.2, -0.15) is 0 Å². The molecule has 0 radical (unpaired) electrons. The van der Waals surface area contributed by atoms with Gasteiger partial charge in [0.2, 0.25) is 0 Å². The number of ether oxygens (including phenoxy) is 1. The minimum atomic E-state index is 0.872. The predicted octanol–water partition coefficient (Wildman–Crippen LogP) is 5.13. The summed E-state index contributed by atoms with van der Waals surface area (Å²) in [6.07, 6.45) is 1.90. The van der Waals surface area contributed by atoms with E-state index in [2.05, 4.69) is 41.4 Å². The molecule has 2 nitrogen and oxygen atoms in total. The average molecular weight is 291 g/mol. The number of benzene rings is 2. The number of hydrogen-bond donors (Lipinski definition) is 0. The lowest BCUT2D eigenvalue weighted by Crippen LogP contribution is -1.85. The second-order valence-corrected chi connectivity index (χ2v) is 5.92. The maximum atomic E-state index is 5.43. The highest BCUT2D eigenvalue weighted by Gasteiger charge is 2.10. The van der Waals surface area contributed by atoms with Crippen molar-refractivity contribution >= 4 is 32.3 Å². The molecule has 0 saturated heterocycles. The molecule has 2 aromatic heterocycles. The molecule has 0 bridgehead atoms. The van der Waals surface area contributed by atoms with Crippen LogP contribution in [0.1, 0.15) is 0 Å². The number of nitrogens with zero attached hydrogens (tertiary/aromatic N) is 1. The molecule has 102 valence electrons. The Bertz CT molecular complexity index is 928. The molecule has 0 aliphatic heterocycles. The van der Waals surface area contributed by atoms with Crippen molar-refractivity contribution in [3.8, 4) is 16.2 Å². The third-order valence-electron chi connectivity index (χ3n) is 3.63. The van der Waals surface area contributed by atoms with Crippen LogP contribution in [-0.2, 0) is 0 Å². The van der Waals surface area contributed by atoms with Gasteiger partial charge in [-0.05, 0) is 17.7 Å². The van der Waals surface area contributed by atoms with Crippen LogP contribution >= 0.6 is 11.3 Å². The van der Waals surface area contributed by atoms with Gasteiger partial charge < -0.3 is 4.74 Å². The fraction of sp³-hybridized carbons (Fsp3) is 0.0556. The van der Waals surface area contributed by atoms with Crippen molar-refractivity contribution in [1.29, 1.82) is 0 Å². The van der Waals surface area contributed by atoms with Gasteiger partial charge in [-0.3, -0.25) is 4.98 Å². The fourth-order valence-corrected chi connectivity index (χ4v) is 3.75. The van der Waals surface area contributed by atoms with E-state index in [0.717, 1.165) is 16.7 Å². The van der Waals surface area contributed by atoms with Gasteiger partial charge in [0.15, 0.2) is 0 Å². The molecule has 4 rings (SSSR count). The van der Waals surface area contributed by atoms with Crippen LogP contribution in [0.3, 0.4) is 0 Å². The SMILES string of the molecule is COc1cccc2c1cnc1cc(-c3ccccc3)sc12. The maximum absolute atomic E-state index is 5.43. The summed E-state index contributed by atoms with van der Waals surface area (Å²) >= 11 is 1.78. The van der Waals surface area contributed by atoms with Gasteiger partial charge in [-0.15, -0.1) is 11.3 Å². The second-order valence-electron chi connectivity index (χ2n) is 4.87. The van der Waals surface area contributed by atoms with Crippen LogP contribution in [0.2, 0.25) is 0 Å². The zero-order valence-corrected chi connectivity index (χ0v) is 12.4. The first-order valence-electron chi connectivity index (χ1n) is 6.77. The first-order chi connectivity index (χ1) is 10.4. The molecule has 0 atom stereocenters. The van der Waals surface area contributed by atoms with E-state index in [9.17, 15) is 0 Å². The summed E-state index contributed by atoms with van der Waals surface area (Å²) in [7, 11) is 1.70. The van der Waals surface area contributed by atoms with Crippen molar-refractivity contribution in [3.63, 3.8) is 0 Å². The molecule has 0 aliphatic rings. The number of fused-ring (bicyclic) bond motifs is 3. The molecule has 0 aliphatic carbocycles. The zero-order valence-electron chi connectivity index (χ0n) is 11.5. The Morgan fingerprint density at radius 1 is 0.952 bits per heavy atom. The number of hydrogen-bond acceptors (Lipinski definition) is 3. The summed E-state index contributed by atoms with van der Waals surface area (Å²) in [4.78, 5) is 5.84. The fourth-order valence-electron chi connectivity index (χ4n) is 2.60. The second kappa shape index (κ2) is 4.86. The van der Waals surface area contributed by atoms with E-state index in [4.69, 9.17) is 4.74 Å². The first-order valence-corrected chi connectivity index (χ1v) is 7.59. The van der Waals surface area contributed by atoms with E-state index in [0.29, 0.717) is 0 Å². The number of aromatic nitrogens is 1. The van der Waals surface area contributed by atoms with Crippen LogP contribution in [0.15, 0.2) is 60.8 Å². The standard InChI is InChI=1S/C18H13NOS/c1-20-16-9-5-8-13-14(16)11-19-15-10-17(21-18(13)15)12-6-3-2-4-7-12/h2-11H,1H3. The molecule has 0 saturated carbocycles. The summed E-state index contributed by atoms with van der Waals surface area (Å²) in [5, 5.41) is 2.26. The number of thiophene rings is 1. The summed E-state index contributed by atoms with van der Waals surface area (Å²) in [6, 6.07) is 18.7. The van der Waals surface area contributed by atoms with Crippen LogP contribution < -0.4 is 4.74 Å². The van der Waals surface area contributed by atoms with E-state index < -0.39 is 0 Å². The predicted molar refractivity (Wildman–Crippen MR) is 89.1 cm³/mol. The molecule has 2 heterocycles. The highest BCUT2D eigenvalue weighted by molar-refractivity contribution is 7.23. The first kappa shape index (κ1) is 12.4. The van der Waals surface area contributed by atoms with Crippen LogP contribution in [-0.4, -0.2) is 12.1 Å². The van der Waals surface area contributed by atoms with Crippen LogP contribution in [0.5, 0.6) is 5.75 Å². The molecular weight excluding hydrogens is 278 g/mol. The molecule has 0 unspecified atom stereocenters. The van der Waals surface area contributed by atoms with Gasteiger partial charge in [-0.25, -0.2) is 0 Å². The smallest absolute Gasteiger partial charge is 0.128 e. The Morgan fingerprint density at radius 3 is 2.62 bits per heavy atom. The topological polar surface area (TPSA) is 22.1 Å². The lowest BCUT2D eigenvalue weighted by molar-refractivity contribution is 0.420. The normalized spacial score (nSPS) is 11.1. The summed E-state index contributed by atoms with van der Waals surface area (Å²) in [6.45, 7) is 0. The van der Waals surface area contributed by atoms with E-state index in [1.807, 2.05) is 24.4 Å². The Labute approximate surface area is 126 Å². The van der Waals surface area contributed by atoms with Crippen molar-refractivity contribution in [1.82, 2.24) is 4.98 Å². The summed E-state index contributed by atoms with van der Waals surface area (Å²) in [5.41, 5.74) is 2.27. The zero-order chi connectivity index (χ0) is 14.2. The minimum Gasteiger partial charge on any atom is -0.496 e. The lowest BCUT2D eigenvalue weighted by atomic mass is 10.1. The highest BCUT2D eigenvalue weighted by Crippen LogP contribution is 2.38. The van der Waals surface area contributed by atoms with Gasteiger partial charge in [0.05, 0.1) is 17.3 Å². The highest BCUT2D eigenvalue weighted by atomic mass is 32.1. The van der Waals surface area contributed by atoms with Crippen molar-refractivity contribution in [2.75, 3.05) is 7.11 Å². The van der Waals surface area contributed by atoms with Gasteiger partial charge >= 0.3 is 0 Å². The monoisotopic (exact) mass is 291 g/mol. The van der Waals surface area contributed by atoms with Gasteiger partial charge in [0.1, 0.15) is 5.75 Å². The molecule has 3 heteroatoms. The van der Waals surface area contributed by atoms with Gasteiger partial charge in [0.25, 0.3) is 0 Å². The number of methoxy groups -OCH3 is 1. The van der Waals surface area contributed by atoms with Crippen molar-refractivity contribution < 1.29 is 4.74 Å². The third-order valence-corrected chi connectivity index (χ3v) is 4.84. The Balaban J connectivity index is 2.02. The largest absolute Gasteiger partial charge is 0.496 e. The van der Waals surface area contributed by atoms with Gasteiger partial charge in [0, 0.05) is 21.8 Å². The summed E-state index contributed by atoms with van der Waals surface area (Å²) in [5.74, 6) is 0.872. The molecule has 0 fully saturated rings. The third kappa shape index (κ3) is 1.98. The minimum absolute atomic E-state index is 0.872. The number of pyridine rings is 1. The van der Waals surface area contributed by atoms with Crippen LogP contribution in [0, 0.1) is 0 Å². The Morgan fingerprint density at radius 2 is 1.81 bits per heavy atom. The molecule has 21 heavy (non-hydrogen) atoms. The molecule has 0 amide bonds. The average Bonchev–Trinajstić information content (AvgIpc) is 2.99. The molecular formula is C18H13NOS. The molecule has 4 aromatic rings. The van der Waals surface area contributed by atoms with E-state index >= 15 is 0 Å². The molecule has 2 aromatic carbocycles. The Kier molecular flexibility index (Phi) is 2.86. The quantitative estimate of drug-likeness (QED) is 0.511. The lowest BCUT2D eigenvalue weighted by Gasteiger charge is -2.04. The maximum Gasteiger partial charge on any atom is 0.128 e. The summed E-state index contributed by atoms with van der Waals surface area (Å²) < 4.78 is 6.65. The van der Waals surface area contributed by atoms with E-state index in [1.165, 1.54) is 20.5 Å². The molecule has 0 spiro atoms. The molecule has 0 N–H and O–H groups in total. The van der Waals surface area contributed by atoms with Crippen molar-refractivity contribution in [2.45, 2.75) is 0 Å². The van der Waals surface area contributed by atoms with Gasteiger partial charge in [-0.1, -0.05) is 42.5 Å². The number of rotatable bonds is 2.